The van der Waals surface area contributed by atoms with Crippen LogP contribution in [-0.2, 0) is 39.1 Å². The first-order chi connectivity index (χ1) is 11.1. The Balaban J connectivity index is 1.70. The molecule has 6 heteroatoms. The third-order valence-corrected chi connectivity index (χ3v) is 4.35. The molecule has 0 unspecified atom stereocenters. The third-order valence-electron chi connectivity index (χ3n) is 4.35. The summed E-state index contributed by atoms with van der Waals surface area (Å²) in [4.78, 5) is 2.35. The summed E-state index contributed by atoms with van der Waals surface area (Å²) in [6.45, 7) is 9.88. The Labute approximate surface area is 137 Å². The summed E-state index contributed by atoms with van der Waals surface area (Å²) in [6, 6.07) is 2.07. The van der Waals surface area contributed by atoms with E-state index in [0.29, 0.717) is 5.92 Å². The Morgan fingerprint density at radius 1 is 1.39 bits per heavy atom. The second-order valence-electron chi connectivity index (χ2n) is 6.69. The number of aliphatic hydroxyl groups excluding tert-OH is 1. The van der Waals surface area contributed by atoms with Crippen LogP contribution < -0.4 is 0 Å². The first-order valence-electron chi connectivity index (χ1n) is 8.45. The van der Waals surface area contributed by atoms with Crippen LogP contribution >= 0.6 is 0 Å². The minimum Gasteiger partial charge on any atom is -0.390 e. The summed E-state index contributed by atoms with van der Waals surface area (Å²) in [6.07, 6.45) is 1.89. The molecule has 0 spiro atoms. The molecule has 126 valence electrons. The van der Waals surface area contributed by atoms with Gasteiger partial charge in [-0.2, -0.15) is 5.10 Å². The monoisotopic (exact) mass is 318 g/mol. The quantitative estimate of drug-likeness (QED) is 0.884. The molecular weight excluding hydrogens is 292 g/mol. The van der Waals surface area contributed by atoms with Crippen LogP contribution in [-0.4, -0.2) is 31.5 Å². The normalized spacial score (nSPS) is 15.3. The van der Waals surface area contributed by atoms with Crippen LogP contribution in [0.25, 0.3) is 0 Å². The van der Waals surface area contributed by atoms with Crippen molar-refractivity contribution >= 4 is 0 Å². The number of hydrogen-bond acceptors (Lipinski definition) is 5. The van der Waals surface area contributed by atoms with Gasteiger partial charge in [-0.1, -0.05) is 19.0 Å². The van der Waals surface area contributed by atoms with Crippen LogP contribution in [0.15, 0.2) is 10.6 Å². The summed E-state index contributed by atoms with van der Waals surface area (Å²) in [5.41, 5.74) is 4.25. The van der Waals surface area contributed by atoms with Crippen molar-refractivity contribution < 1.29 is 9.63 Å². The maximum absolute atomic E-state index is 9.54. The highest BCUT2D eigenvalue weighted by atomic mass is 16.5. The van der Waals surface area contributed by atoms with Crippen molar-refractivity contribution in [1.29, 1.82) is 0 Å². The van der Waals surface area contributed by atoms with Crippen molar-refractivity contribution in [2.45, 2.75) is 59.9 Å². The van der Waals surface area contributed by atoms with Gasteiger partial charge in [0.1, 0.15) is 5.76 Å². The molecule has 0 atom stereocenters. The molecule has 1 aliphatic rings. The molecule has 0 amide bonds. The smallest absolute Gasteiger partial charge is 0.137 e. The molecule has 1 aliphatic heterocycles. The lowest BCUT2D eigenvalue weighted by Gasteiger charge is -2.26. The second-order valence-corrected chi connectivity index (χ2v) is 6.69. The van der Waals surface area contributed by atoms with Crippen LogP contribution in [0.3, 0.4) is 0 Å². The van der Waals surface area contributed by atoms with E-state index in [4.69, 9.17) is 4.52 Å². The maximum atomic E-state index is 9.54. The SMILES string of the molecule is CCn1nc(CO)c2c1CCN(Cc1cc(CC(C)C)on1)C2. The minimum atomic E-state index is 0.00563. The molecule has 0 saturated carbocycles. The topological polar surface area (TPSA) is 67.3 Å². The zero-order valence-corrected chi connectivity index (χ0v) is 14.2. The Morgan fingerprint density at radius 3 is 2.91 bits per heavy atom. The fourth-order valence-electron chi connectivity index (χ4n) is 3.30. The Hall–Kier alpha value is -1.66. The molecule has 2 aromatic rings. The average molecular weight is 318 g/mol. The largest absolute Gasteiger partial charge is 0.390 e. The van der Waals surface area contributed by atoms with E-state index < -0.39 is 0 Å². The highest BCUT2D eigenvalue weighted by molar-refractivity contribution is 5.28. The summed E-state index contributed by atoms with van der Waals surface area (Å²) in [5.74, 6) is 1.53. The van der Waals surface area contributed by atoms with Crippen molar-refractivity contribution in [1.82, 2.24) is 19.8 Å². The molecule has 3 rings (SSSR count). The minimum absolute atomic E-state index is 0.00563. The molecule has 1 N–H and O–H groups in total. The highest BCUT2D eigenvalue weighted by Crippen LogP contribution is 2.24. The van der Waals surface area contributed by atoms with Crippen LogP contribution in [0, 0.1) is 5.92 Å². The van der Waals surface area contributed by atoms with Crippen molar-refractivity contribution in [3.63, 3.8) is 0 Å². The lowest BCUT2D eigenvalue weighted by atomic mass is 10.0. The van der Waals surface area contributed by atoms with E-state index in [-0.39, 0.29) is 6.61 Å². The number of fused-ring (bicyclic) bond motifs is 1. The number of nitrogens with zero attached hydrogens (tertiary/aromatic N) is 4. The van der Waals surface area contributed by atoms with Crippen molar-refractivity contribution in [3.05, 3.63) is 34.5 Å². The fourth-order valence-corrected chi connectivity index (χ4v) is 3.30. The van der Waals surface area contributed by atoms with Gasteiger partial charge in [-0.3, -0.25) is 9.58 Å². The van der Waals surface area contributed by atoms with Gasteiger partial charge in [0.15, 0.2) is 0 Å². The molecule has 0 saturated heterocycles. The van der Waals surface area contributed by atoms with E-state index in [9.17, 15) is 5.11 Å². The first kappa shape index (κ1) is 16.2. The lowest BCUT2D eigenvalue weighted by molar-refractivity contribution is 0.229. The van der Waals surface area contributed by atoms with Gasteiger partial charge >= 0.3 is 0 Å². The predicted molar refractivity (Wildman–Crippen MR) is 86.7 cm³/mol. The standard InChI is InChI=1S/C17H26N4O2/c1-4-21-17-5-6-20(10-15(17)16(11-22)18-21)9-13-8-14(23-19-13)7-12(2)3/h8,12,22H,4-7,9-11H2,1-3H3. The molecule has 0 fully saturated rings. The fraction of sp³-hybridized carbons (Fsp3) is 0.647. The van der Waals surface area contributed by atoms with Gasteiger partial charge in [0.2, 0.25) is 0 Å². The van der Waals surface area contributed by atoms with Crippen LogP contribution in [0.2, 0.25) is 0 Å². The van der Waals surface area contributed by atoms with E-state index in [2.05, 4.69) is 42.0 Å². The molecule has 0 aliphatic carbocycles. The molecule has 3 heterocycles. The zero-order valence-electron chi connectivity index (χ0n) is 14.2. The van der Waals surface area contributed by atoms with E-state index in [1.807, 2.05) is 4.68 Å². The Morgan fingerprint density at radius 2 is 2.22 bits per heavy atom. The van der Waals surface area contributed by atoms with Crippen molar-refractivity contribution in [3.8, 4) is 0 Å². The molecule has 0 aromatic carbocycles. The number of rotatable bonds is 6. The van der Waals surface area contributed by atoms with Crippen molar-refractivity contribution in [2.24, 2.45) is 5.92 Å². The number of aromatic nitrogens is 3. The van der Waals surface area contributed by atoms with Crippen LogP contribution in [0.4, 0.5) is 0 Å². The molecule has 23 heavy (non-hydrogen) atoms. The van der Waals surface area contributed by atoms with Gasteiger partial charge in [0, 0.05) is 56.3 Å². The average Bonchev–Trinajstić information content (AvgIpc) is 3.10. The number of aliphatic hydroxyl groups is 1. The second kappa shape index (κ2) is 6.84. The van der Waals surface area contributed by atoms with E-state index >= 15 is 0 Å². The van der Waals surface area contributed by atoms with Gasteiger partial charge in [-0.15, -0.1) is 0 Å². The third kappa shape index (κ3) is 3.48. The molecule has 2 aromatic heterocycles. The molecular formula is C17H26N4O2. The van der Waals surface area contributed by atoms with E-state index in [0.717, 1.165) is 56.2 Å². The first-order valence-corrected chi connectivity index (χ1v) is 8.45. The molecule has 6 nitrogen and oxygen atoms in total. The van der Waals surface area contributed by atoms with Gasteiger partial charge in [-0.25, -0.2) is 0 Å². The van der Waals surface area contributed by atoms with E-state index in [1.165, 1.54) is 11.3 Å². The van der Waals surface area contributed by atoms with Crippen LogP contribution in [0.5, 0.6) is 0 Å². The summed E-state index contributed by atoms with van der Waals surface area (Å²) in [7, 11) is 0. The van der Waals surface area contributed by atoms with Gasteiger partial charge < -0.3 is 9.63 Å². The number of aryl methyl sites for hydroxylation is 1. The lowest BCUT2D eigenvalue weighted by Crippen LogP contribution is -2.31. The summed E-state index contributed by atoms with van der Waals surface area (Å²) < 4.78 is 7.44. The van der Waals surface area contributed by atoms with Gasteiger partial charge in [0.25, 0.3) is 0 Å². The Kier molecular flexibility index (Phi) is 4.82. The Bertz CT molecular complexity index is 660. The van der Waals surface area contributed by atoms with Gasteiger partial charge in [-0.05, 0) is 12.8 Å². The van der Waals surface area contributed by atoms with E-state index in [1.54, 1.807) is 0 Å². The molecule has 0 bridgehead atoms. The van der Waals surface area contributed by atoms with Crippen molar-refractivity contribution in [2.75, 3.05) is 6.54 Å². The van der Waals surface area contributed by atoms with Gasteiger partial charge in [0.05, 0.1) is 18.0 Å². The summed E-state index contributed by atoms with van der Waals surface area (Å²) >= 11 is 0. The molecule has 0 radical (unpaired) electrons. The number of hydrogen-bond donors (Lipinski definition) is 1. The maximum Gasteiger partial charge on any atom is 0.137 e. The summed E-state index contributed by atoms with van der Waals surface area (Å²) in [5, 5.41) is 18.3. The van der Waals surface area contributed by atoms with Crippen LogP contribution in [0.1, 0.15) is 49.2 Å². The predicted octanol–water partition coefficient (Wildman–Crippen LogP) is 2.14. The zero-order chi connectivity index (χ0) is 16.4. The highest BCUT2D eigenvalue weighted by Gasteiger charge is 2.24.